The van der Waals surface area contributed by atoms with E-state index in [2.05, 4.69) is 6.07 Å². The zero-order valence-corrected chi connectivity index (χ0v) is 9.69. The zero-order chi connectivity index (χ0) is 12.3. The van der Waals surface area contributed by atoms with Crippen LogP contribution in [-0.4, -0.2) is 23.4 Å². The van der Waals surface area contributed by atoms with Gasteiger partial charge in [-0.1, -0.05) is 12.1 Å². The molecule has 0 saturated carbocycles. The third-order valence-corrected chi connectivity index (χ3v) is 2.61. The number of para-hydroxylation sites is 1. The molecule has 0 aliphatic carbocycles. The number of carbonyl (C=O) groups is 1. The zero-order valence-electron chi connectivity index (χ0n) is 9.69. The first-order chi connectivity index (χ1) is 7.40. The van der Waals surface area contributed by atoms with Gasteiger partial charge in [-0.25, -0.2) is 0 Å². The van der Waals surface area contributed by atoms with Gasteiger partial charge >= 0.3 is 0 Å². The second-order valence-corrected chi connectivity index (χ2v) is 4.12. The molecule has 0 fully saturated rings. The number of amides is 1. The summed E-state index contributed by atoms with van der Waals surface area (Å²) in [6.45, 7) is 3.37. The van der Waals surface area contributed by atoms with Crippen LogP contribution >= 0.6 is 0 Å². The molecule has 1 amide bonds. The third kappa shape index (κ3) is 2.14. The molecule has 1 aromatic carbocycles. The van der Waals surface area contributed by atoms with Crippen molar-refractivity contribution in [1.82, 2.24) is 4.90 Å². The van der Waals surface area contributed by atoms with E-state index in [0.29, 0.717) is 11.3 Å². The Labute approximate surface area is 95.3 Å². The molecule has 16 heavy (non-hydrogen) atoms. The van der Waals surface area contributed by atoms with E-state index in [1.54, 1.807) is 45.2 Å². The van der Waals surface area contributed by atoms with Gasteiger partial charge in [-0.15, -0.1) is 0 Å². The average Bonchev–Trinajstić information content (AvgIpc) is 2.27. The molecule has 1 aromatic rings. The van der Waals surface area contributed by atoms with E-state index in [-0.39, 0.29) is 5.91 Å². The van der Waals surface area contributed by atoms with Crippen LogP contribution in [-0.2, 0) is 0 Å². The van der Waals surface area contributed by atoms with Gasteiger partial charge < -0.3 is 10.6 Å². The summed E-state index contributed by atoms with van der Waals surface area (Å²) in [6.07, 6.45) is 0. The largest absolute Gasteiger partial charge is 0.398 e. The number of nitrogen functional groups attached to an aromatic ring is 1. The summed E-state index contributed by atoms with van der Waals surface area (Å²) >= 11 is 0. The standard InChI is InChI=1S/C12H15N3O/c1-12(2,8-13)15(3)11(16)9-6-4-5-7-10(9)14/h4-7H,14H2,1-3H3. The smallest absolute Gasteiger partial charge is 0.256 e. The van der Waals surface area contributed by atoms with E-state index in [1.807, 2.05) is 0 Å². The predicted molar refractivity (Wildman–Crippen MR) is 62.6 cm³/mol. The maximum Gasteiger partial charge on any atom is 0.256 e. The number of rotatable bonds is 2. The molecule has 84 valence electrons. The lowest BCUT2D eigenvalue weighted by Crippen LogP contribution is -2.44. The normalized spacial score (nSPS) is 10.6. The van der Waals surface area contributed by atoms with Gasteiger partial charge in [0.25, 0.3) is 5.91 Å². The highest BCUT2D eigenvalue weighted by molar-refractivity contribution is 5.99. The monoisotopic (exact) mass is 217 g/mol. The van der Waals surface area contributed by atoms with Crippen molar-refractivity contribution in [3.8, 4) is 6.07 Å². The number of hydrogen-bond donors (Lipinski definition) is 1. The van der Waals surface area contributed by atoms with Gasteiger partial charge in [-0.05, 0) is 26.0 Å². The Balaban J connectivity index is 3.06. The Hall–Kier alpha value is -2.02. The molecule has 4 nitrogen and oxygen atoms in total. The molecule has 0 atom stereocenters. The SMILES string of the molecule is CN(C(=O)c1ccccc1N)C(C)(C)C#N. The average molecular weight is 217 g/mol. The Kier molecular flexibility index (Phi) is 3.19. The fraction of sp³-hybridized carbons (Fsp3) is 0.333. The maximum atomic E-state index is 12.1. The van der Waals surface area contributed by atoms with E-state index < -0.39 is 5.54 Å². The molecule has 4 heteroatoms. The Morgan fingerprint density at radius 2 is 2.00 bits per heavy atom. The van der Waals surface area contributed by atoms with E-state index >= 15 is 0 Å². The summed E-state index contributed by atoms with van der Waals surface area (Å²) in [5.41, 5.74) is 5.71. The molecular formula is C12H15N3O. The second-order valence-electron chi connectivity index (χ2n) is 4.12. The fourth-order valence-corrected chi connectivity index (χ4v) is 1.20. The highest BCUT2D eigenvalue weighted by Gasteiger charge is 2.28. The lowest BCUT2D eigenvalue weighted by atomic mass is 10.0. The number of nitrogens with zero attached hydrogens (tertiary/aromatic N) is 2. The van der Waals surface area contributed by atoms with Crippen molar-refractivity contribution >= 4 is 11.6 Å². The van der Waals surface area contributed by atoms with Crippen LogP contribution in [0.25, 0.3) is 0 Å². The lowest BCUT2D eigenvalue weighted by molar-refractivity contribution is 0.0699. The van der Waals surface area contributed by atoms with Crippen molar-refractivity contribution in [2.24, 2.45) is 0 Å². The molecule has 0 aliphatic rings. The van der Waals surface area contributed by atoms with Gasteiger partial charge in [0.05, 0.1) is 11.6 Å². The number of carbonyl (C=O) groups excluding carboxylic acids is 1. The van der Waals surface area contributed by atoms with Crippen LogP contribution in [0.2, 0.25) is 0 Å². The highest BCUT2D eigenvalue weighted by Crippen LogP contribution is 2.18. The number of anilines is 1. The third-order valence-electron chi connectivity index (χ3n) is 2.61. The molecular weight excluding hydrogens is 202 g/mol. The summed E-state index contributed by atoms with van der Waals surface area (Å²) in [4.78, 5) is 13.5. The van der Waals surface area contributed by atoms with Gasteiger partial charge in [0, 0.05) is 12.7 Å². The van der Waals surface area contributed by atoms with E-state index in [4.69, 9.17) is 11.0 Å². The van der Waals surface area contributed by atoms with Crippen LogP contribution < -0.4 is 5.73 Å². The summed E-state index contributed by atoms with van der Waals surface area (Å²) in [6, 6.07) is 8.91. The second kappa shape index (κ2) is 4.23. The van der Waals surface area contributed by atoms with Crippen molar-refractivity contribution in [3.63, 3.8) is 0 Å². The van der Waals surface area contributed by atoms with Gasteiger partial charge in [0.15, 0.2) is 0 Å². The Morgan fingerprint density at radius 3 is 2.50 bits per heavy atom. The van der Waals surface area contributed by atoms with Crippen LogP contribution in [0.4, 0.5) is 5.69 Å². The molecule has 0 heterocycles. The van der Waals surface area contributed by atoms with Gasteiger partial charge in [-0.2, -0.15) is 5.26 Å². The van der Waals surface area contributed by atoms with E-state index in [0.717, 1.165) is 0 Å². The van der Waals surface area contributed by atoms with Crippen molar-refractivity contribution in [2.45, 2.75) is 19.4 Å². The first-order valence-corrected chi connectivity index (χ1v) is 4.94. The Morgan fingerprint density at radius 1 is 1.44 bits per heavy atom. The Bertz CT molecular complexity index is 446. The van der Waals surface area contributed by atoms with Gasteiger partial charge in [0.2, 0.25) is 0 Å². The van der Waals surface area contributed by atoms with E-state index in [1.165, 1.54) is 4.90 Å². The minimum absolute atomic E-state index is 0.246. The van der Waals surface area contributed by atoms with Gasteiger partial charge in [-0.3, -0.25) is 4.79 Å². The molecule has 1 rings (SSSR count). The number of nitriles is 1. The summed E-state index contributed by atoms with van der Waals surface area (Å²) < 4.78 is 0. The molecule has 0 aromatic heterocycles. The summed E-state index contributed by atoms with van der Waals surface area (Å²) in [5.74, 6) is -0.246. The highest BCUT2D eigenvalue weighted by atomic mass is 16.2. The van der Waals surface area contributed by atoms with Crippen molar-refractivity contribution in [1.29, 1.82) is 5.26 Å². The van der Waals surface area contributed by atoms with E-state index in [9.17, 15) is 4.79 Å². The van der Waals surface area contributed by atoms with Crippen LogP contribution in [0.15, 0.2) is 24.3 Å². The summed E-state index contributed by atoms with van der Waals surface area (Å²) in [5, 5.41) is 8.95. The molecule has 0 saturated heterocycles. The topological polar surface area (TPSA) is 70.1 Å². The van der Waals surface area contributed by atoms with Gasteiger partial charge in [0.1, 0.15) is 5.54 Å². The number of hydrogen-bond acceptors (Lipinski definition) is 3. The van der Waals surface area contributed by atoms with Crippen molar-refractivity contribution < 1.29 is 4.79 Å². The quantitative estimate of drug-likeness (QED) is 0.765. The van der Waals surface area contributed by atoms with Crippen molar-refractivity contribution in [3.05, 3.63) is 29.8 Å². The maximum absolute atomic E-state index is 12.1. The predicted octanol–water partition coefficient (Wildman–Crippen LogP) is 1.64. The molecule has 0 aliphatic heterocycles. The lowest BCUT2D eigenvalue weighted by Gasteiger charge is -2.29. The number of nitrogens with two attached hydrogens (primary N) is 1. The fourth-order valence-electron chi connectivity index (χ4n) is 1.20. The molecule has 0 unspecified atom stereocenters. The molecule has 0 radical (unpaired) electrons. The molecule has 2 N–H and O–H groups in total. The summed E-state index contributed by atoms with van der Waals surface area (Å²) in [7, 11) is 1.60. The molecule has 0 spiro atoms. The minimum atomic E-state index is -0.848. The van der Waals surface area contributed by atoms with Crippen LogP contribution in [0.3, 0.4) is 0 Å². The van der Waals surface area contributed by atoms with Crippen LogP contribution in [0.1, 0.15) is 24.2 Å². The first-order valence-electron chi connectivity index (χ1n) is 4.94. The van der Waals surface area contributed by atoms with Crippen molar-refractivity contribution in [2.75, 3.05) is 12.8 Å². The van der Waals surface area contributed by atoms with Crippen LogP contribution in [0, 0.1) is 11.3 Å². The minimum Gasteiger partial charge on any atom is -0.398 e. The first kappa shape index (κ1) is 12.1. The van der Waals surface area contributed by atoms with Crippen LogP contribution in [0.5, 0.6) is 0 Å². The number of benzene rings is 1. The molecule has 0 bridgehead atoms.